The number of nitrogens with one attached hydrogen (secondary N) is 2. The topological polar surface area (TPSA) is 24.1 Å². The van der Waals surface area contributed by atoms with Crippen LogP contribution in [0.25, 0.3) is 0 Å². The van der Waals surface area contributed by atoms with E-state index in [4.69, 9.17) is 0 Å². The van der Waals surface area contributed by atoms with Gasteiger partial charge in [-0.2, -0.15) is 26.3 Å². The maximum absolute atomic E-state index is 12.7. The number of hydrogen-bond donors (Lipinski definition) is 2. The number of alkyl halides is 6. The van der Waals surface area contributed by atoms with Crippen molar-refractivity contribution >= 4 is 17.8 Å². The lowest BCUT2D eigenvalue weighted by molar-refractivity contribution is -0.143. The van der Waals surface area contributed by atoms with Crippen LogP contribution in [0.5, 0.6) is 0 Å². The largest absolute Gasteiger partial charge is 0.416 e. The second kappa shape index (κ2) is 7.21. The molecule has 1 aromatic carbocycles. The Labute approximate surface area is 134 Å². The molecule has 0 amide bonds. The summed E-state index contributed by atoms with van der Waals surface area (Å²) in [6.07, 6.45) is -4.48. The average molecular weight is 358 g/mol. The molecular formula is C14H16F6N2S. The summed E-state index contributed by atoms with van der Waals surface area (Å²) in [4.78, 5) is 0. The quantitative estimate of drug-likeness (QED) is 0.539. The molecule has 0 heterocycles. The van der Waals surface area contributed by atoms with E-state index in [0.29, 0.717) is 12.1 Å². The molecule has 0 radical (unpaired) electrons. The summed E-state index contributed by atoms with van der Waals surface area (Å²) in [6.45, 7) is 0. The zero-order valence-corrected chi connectivity index (χ0v) is 12.8. The highest BCUT2D eigenvalue weighted by molar-refractivity contribution is 7.98. The van der Waals surface area contributed by atoms with E-state index in [2.05, 4.69) is 9.44 Å². The Balaban J connectivity index is 2.07. The summed E-state index contributed by atoms with van der Waals surface area (Å²) in [5.74, 6) is 0. The molecule has 9 heteroatoms. The molecule has 0 aliphatic heterocycles. The third-order valence-corrected chi connectivity index (χ3v) is 4.38. The maximum Gasteiger partial charge on any atom is 0.416 e. The summed E-state index contributed by atoms with van der Waals surface area (Å²) in [5.41, 5.74) is -2.89. The first-order valence-electron chi connectivity index (χ1n) is 7.13. The van der Waals surface area contributed by atoms with Gasteiger partial charge in [-0.15, -0.1) is 0 Å². The Bertz CT molecular complexity index is 491. The average Bonchev–Trinajstić information content (AvgIpc) is 2.46. The minimum atomic E-state index is -4.83. The molecule has 2 nitrogen and oxygen atoms in total. The Kier molecular flexibility index (Phi) is 5.72. The lowest BCUT2D eigenvalue weighted by atomic mass is 9.96. The van der Waals surface area contributed by atoms with E-state index in [-0.39, 0.29) is 17.8 Å². The van der Waals surface area contributed by atoms with Crippen LogP contribution in [0.4, 0.5) is 32.0 Å². The SMILES string of the molecule is FC(F)(F)c1cc(NSNC2CCCCC2)cc(C(F)(F)F)c1. The molecular weight excluding hydrogens is 342 g/mol. The van der Waals surface area contributed by atoms with Crippen LogP contribution in [0.1, 0.15) is 43.2 Å². The molecule has 1 aromatic rings. The molecule has 23 heavy (non-hydrogen) atoms. The van der Waals surface area contributed by atoms with Crippen molar-refractivity contribution in [1.29, 1.82) is 0 Å². The van der Waals surface area contributed by atoms with E-state index in [1.54, 1.807) is 0 Å². The zero-order chi connectivity index (χ0) is 17.1. The first-order chi connectivity index (χ1) is 10.7. The van der Waals surface area contributed by atoms with Crippen molar-refractivity contribution in [1.82, 2.24) is 4.72 Å². The summed E-state index contributed by atoms with van der Waals surface area (Å²) >= 11 is 0.917. The van der Waals surface area contributed by atoms with Crippen LogP contribution in [-0.2, 0) is 12.4 Å². The molecule has 2 rings (SSSR count). The first kappa shape index (κ1) is 18.3. The second-order valence-electron chi connectivity index (χ2n) is 5.45. The Morgan fingerprint density at radius 3 is 1.83 bits per heavy atom. The fraction of sp³-hybridized carbons (Fsp3) is 0.571. The normalized spacial score (nSPS) is 17.3. The standard InChI is InChI=1S/C14H16F6N2S/c15-13(16,17)9-6-10(14(18,19)20)8-12(7-9)22-23-21-11-4-2-1-3-5-11/h6-8,11,21-22H,1-5H2. The van der Waals surface area contributed by atoms with Crippen molar-refractivity contribution in [3.8, 4) is 0 Å². The van der Waals surface area contributed by atoms with Crippen LogP contribution in [0, 0.1) is 0 Å². The van der Waals surface area contributed by atoms with Gasteiger partial charge in [0.05, 0.1) is 11.1 Å². The van der Waals surface area contributed by atoms with E-state index in [0.717, 1.165) is 44.2 Å². The molecule has 1 aliphatic rings. The monoisotopic (exact) mass is 358 g/mol. The zero-order valence-electron chi connectivity index (χ0n) is 12.0. The highest BCUT2D eigenvalue weighted by atomic mass is 32.2. The van der Waals surface area contributed by atoms with Crippen LogP contribution >= 0.6 is 12.1 Å². The molecule has 0 aromatic heterocycles. The second-order valence-corrected chi connectivity index (χ2v) is 6.10. The lowest BCUT2D eigenvalue weighted by Gasteiger charge is -2.22. The van der Waals surface area contributed by atoms with Crippen molar-refractivity contribution in [2.24, 2.45) is 0 Å². The Morgan fingerprint density at radius 1 is 0.826 bits per heavy atom. The maximum atomic E-state index is 12.7. The summed E-state index contributed by atoms with van der Waals surface area (Å²) < 4.78 is 81.9. The van der Waals surface area contributed by atoms with E-state index >= 15 is 0 Å². The third kappa shape index (κ3) is 5.49. The molecule has 1 saturated carbocycles. The van der Waals surface area contributed by atoms with Gasteiger partial charge in [-0.1, -0.05) is 19.3 Å². The van der Waals surface area contributed by atoms with Gasteiger partial charge < -0.3 is 4.72 Å². The minimum absolute atomic E-state index is 0.115. The van der Waals surface area contributed by atoms with E-state index in [1.165, 1.54) is 0 Å². The molecule has 0 bridgehead atoms. The van der Waals surface area contributed by atoms with Gasteiger partial charge in [0, 0.05) is 23.9 Å². The van der Waals surface area contributed by atoms with Crippen LogP contribution in [0.15, 0.2) is 18.2 Å². The van der Waals surface area contributed by atoms with E-state index in [1.807, 2.05) is 0 Å². The number of hydrogen-bond acceptors (Lipinski definition) is 3. The summed E-state index contributed by atoms with van der Waals surface area (Å²) in [5, 5.41) is 0. The molecule has 1 aliphatic carbocycles. The smallest absolute Gasteiger partial charge is 0.317 e. The molecule has 0 saturated heterocycles. The van der Waals surface area contributed by atoms with Gasteiger partial charge in [0.2, 0.25) is 0 Å². The predicted octanol–water partition coefficient (Wildman–Crippen LogP) is 5.62. The van der Waals surface area contributed by atoms with Crippen LogP contribution in [-0.4, -0.2) is 6.04 Å². The third-order valence-electron chi connectivity index (χ3n) is 3.59. The number of halogens is 6. The molecule has 130 valence electrons. The molecule has 0 unspecified atom stereocenters. The molecule has 2 N–H and O–H groups in total. The number of anilines is 1. The minimum Gasteiger partial charge on any atom is -0.317 e. The molecule has 0 atom stereocenters. The van der Waals surface area contributed by atoms with Gasteiger partial charge in [-0.3, -0.25) is 0 Å². The summed E-state index contributed by atoms with van der Waals surface area (Å²) in [6, 6.07) is 1.68. The van der Waals surface area contributed by atoms with E-state index < -0.39 is 23.5 Å². The van der Waals surface area contributed by atoms with Gasteiger partial charge in [0.15, 0.2) is 0 Å². The van der Waals surface area contributed by atoms with Crippen molar-refractivity contribution in [2.45, 2.75) is 50.5 Å². The van der Waals surface area contributed by atoms with Crippen molar-refractivity contribution in [3.05, 3.63) is 29.3 Å². The Morgan fingerprint density at radius 2 is 1.35 bits per heavy atom. The summed E-state index contributed by atoms with van der Waals surface area (Å²) in [7, 11) is 0. The lowest BCUT2D eigenvalue weighted by Crippen LogP contribution is -2.26. The Hall–Kier alpha value is -1.09. The van der Waals surface area contributed by atoms with Gasteiger partial charge in [0.25, 0.3) is 0 Å². The fourth-order valence-corrected chi connectivity index (χ4v) is 3.10. The number of rotatable bonds is 4. The first-order valence-corrected chi connectivity index (χ1v) is 7.95. The van der Waals surface area contributed by atoms with Crippen molar-refractivity contribution < 1.29 is 26.3 Å². The molecule has 1 fully saturated rings. The highest BCUT2D eigenvalue weighted by Gasteiger charge is 2.36. The van der Waals surface area contributed by atoms with Crippen molar-refractivity contribution in [2.75, 3.05) is 4.72 Å². The van der Waals surface area contributed by atoms with Crippen molar-refractivity contribution in [3.63, 3.8) is 0 Å². The van der Waals surface area contributed by atoms with Gasteiger partial charge in [-0.25, -0.2) is 4.72 Å². The van der Waals surface area contributed by atoms with Crippen LogP contribution < -0.4 is 9.44 Å². The van der Waals surface area contributed by atoms with E-state index in [9.17, 15) is 26.3 Å². The van der Waals surface area contributed by atoms with Crippen LogP contribution in [0.3, 0.4) is 0 Å². The number of benzene rings is 1. The van der Waals surface area contributed by atoms with Crippen LogP contribution in [0.2, 0.25) is 0 Å². The van der Waals surface area contributed by atoms with Gasteiger partial charge in [-0.05, 0) is 31.0 Å². The highest BCUT2D eigenvalue weighted by Crippen LogP contribution is 2.37. The fourth-order valence-electron chi connectivity index (χ4n) is 2.41. The van der Waals surface area contributed by atoms with Gasteiger partial charge >= 0.3 is 12.4 Å². The molecule has 0 spiro atoms. The van der Waals surface area contributed by atoms with Gasteiger partial charge in [0.1, 0.15) is 0 Å². The predicted molar refractivity (Wildman–Crippen MR) is 77.7 cm³/mol.